The number of carbonyl (C=O) groups is 1. The molecule has 0 aliphatic heterocycles. The summed E-state index contributed by atoms with van der Waals surface area (Å²) in [7, 11) is 1.60. The van der Waals surface area contributed by atoms with E-state index < -0.39 is 0 Å². The van der Waals surface area contributed by atoms with Gasteiger partial charge in [-0.25, -0.2) is 4.79 Å². The molecule has 0 aliphatic rings. The van der Waals surface area contributed by atoms with Crippen LogP contribution >= 0.6 is 0 Å². The maximum atomic E-state index is 13.2. The zero-order chi connectivity index (χ0) is 23.2. The minimum absolute atomic E-state index is 0.187. The Morgan fingerprint density at radius 2 is 1.76 bits per heavy atom. The Balaban J connectivity index is 1.58. The number of aromatic amines is 1. The van der Waals surface area contributed by atoms with Crippen LogP contribution in [-0.4, -0.2) is 29.6 Å². The highest BCUT2D eigenvalue weighted by atomic mass is 16.5. The Morgan fingerprint density at radius 1 is 1.00 bits per heavy atom. The molecule has 4 aromatic rings. The van der Waals surface area contributed by atoms with Crippen LogP contribution in [0.4, 0.5) is 10.5 Å². The van der Waals surface area contributed by atoms with Crippen molar-refractivity contribution in [2.75, 3.05) is 19.0 Å². The lowest BCUT2D eigenvalue weighted by Gasteiger charge is -2.23. The number of fused-ring (bicyclic) bond motifs is 1. The number of hydrogen-bond donors (Lipinski definition) is 2. The number of amides is 2. The average Bonchev–Trinajstić information content (AvgIpc) is 2.83. The molecular weight excluding hydrogens is 414 g/mol. The number of benzene rings is 3. The number of anilines is 1. The first-order chi connectivity index (χ1) is 16.0. The van der Waals surface area contributed by atoms with Gasteiger partial charge in [0, 0.05) is 23.3 Å². The highest BCUT2D eigenvalue weighted by Crippen LogP contribution is 2.17. The largest absolute Gasteiger partial charge is 0.497 e. The fraction of sp³-hybridized carbons (Fsp3) is 0.185. The number of nitrogens with one attached hydrogen (secondary N) is 2. The first-order valence-corrected chi connectivity index (χ1v) is 10.9. The van der Waals surface area contributed by atoms with Gasteiger partial charge in [-0.15, -0.1) is 0 Å². The van der Waals surface area contributed by atoms with E-state index in [0.29, 0.717) is 30.0 Å². The summed E-state index contributed by atoms with van der Waals surface area (Å²) in [6, 6.07) is 24.7. The topological polar surface area (TPSA) is 74.4 Å². The molecule has 2 amide bonds. The van der Waals surface area contributed by atoms with E-state index in [4.69, 9.17) is 4.74 Å². The summed E-state index contributed by atoms with van der Waals surface area (Å²) in [4.78, 5) is 30.6. The second-order valence-corrected chi connectivity index (χ2v) is 8.03. The van der Waals surface area contributed by atoms with Gasteiger partial charge in [-0.2, -0.15) is 0 Å². The van der Waals surface area contributed by atoms with Crippen molar-refractivity contribution in [3.8, 4) is 5.75 Å². The standard InChI is InChI=1S/C27H27N3O3/c1-19-8-13-25-21(16-19)17-22(26(31)29-25)18-30(15-14-20-6-4-3-5-7-20)27(32)28-23-9-11-24(33-2)12-10-23/h3-13,16-17H,14-15,18H2,1-2H3,(H,28,32)(H,29,31). The Kier molecular flexibility index (Phi) is 6.74. The molecule has 33 heavy (non-hydrogen) atoms. The van der Waals surface area contributed by atoms with Crippen LogP contribution in [0, 0.1) is 6.92 Å². The van der Waals surface area contributed by atoms with Gasteiger partial charge in [0.15, 0.2) is 0 Å². The SMILES string of the molecule is COc1ccc(NC(=O)N(CCc2ccccc2)Cc2cc3cc(C)ccc3[nH]c2=O)cc1. The molecule has 0 aliphatic carbocycles. The van der Waals surface area contributed by atoms with E-state index in [1.54, 1.807) is 36.3 Å². The van der Waals surface area contributed by atoms with Crippen LogP contribution in [0.1, 0.15) is 16.7 Å². The molecule has 1 aromatic heterocycles. The summed E-state index contributed by atoms with van der Waals surface area (Å²) in [5.41, 5.74) is 4.04. The number of rotatable bonds is 7. The van der Waals surface area contributed by atoms with Crippen molar-refractivity contribution in [2.45, 2.75) is 19.9 Å². The number of urea groups is 1. The number of pyridine rings is 1. The number of ether oxygens (including phenoxy) is 1. The lowest BCUT2D eigenvalue weighted by molar-refractivity contribution is 0.209. The first-order valence-electron chi connectivity index (χ1n) is 10.9. The third-order valence-corrected chi connectivity index (χ3v) is 5.58. The van der Waals surface area contributed by atoms with E-state index in [-0.39, 0.29) is 18.1 Å². The molecule has 0 bridgehead atoms. The monoisotopic (exact) mass is 441 g/mol. The van der Waals surface area contributed by atoms with E-state index >= 15 is 0 Å². The van der Waals surface area contributed by atoms with E-state index in [1.165, 1.54) is 0 Å². The highest BCUT2D eigenvalue weighted by molar-refractivity contribution is 5.89. The average molecular weight is 442 g/mol. The van der Waals surface area contributed by atoms with Crippen LogP contribution in [0.3, 0.4) is 0 Å². The van der Waals surface area contributed by atoms with Crippen molar-refractivity contribution in [3.05, 3.63) is 106 Å². The van der Waals surface area contributed by atoms with Crippen molar-refractivity contribution in [2.24, 2.45) is 0 Å². The van der Waals surface area contributed by atoms with Gasteiger partial charge < -0.3 is 19.9 Å². The molecule has 6 nitrogen and oxygen atoms in total. The first kappa shape index (κ1) is 22.1. The van der Waals surface area contributed by atoms with Gasteiger partial charge in [-0.1, -0.05) is 42.0 Å². The fourth-order valence-electron chi connectivity index (χ4n) is 3.73. The van der Waals surface area contributed by atoms with Gasteiger partial charge in [0.05, 0.1) is 13.7 Å². The predicted molar refractivity (Wildman–Crippen MR) is 132 cm³/mol. The maximum absolute atomic E-state index is 13.2. The maximum Gasteiger partial charge on any atom is 0.322 e. The Bertz CT molecular complexity index is 1300. The summed E-state index contributed by atoms with van der Waals surface area (Å²) in [5, 5.41) is 3.88. The van der Waals surface area contributed by atoms with Gasteiger partial charge in [-0.3, -0.25) is 4.79 Å². The molecule has 1 heterocycles. The number of nitrogens with zero attached hydrogens (tertiary/aromatic N) is 1. The molecule has 2 N–H and O–H groups in total. The molecule has 0 radical (unpaired) electrons. The number of methoxy groups -OCH3 is 1. The third-order valence-electron chi connectivity index (χ3n) is 5.58. The van der Waals surface area contributed by atoms with Crippen LogP contribution in [-0.2, 0) is 13.0 Å². The summed E-state index contributed by atoms with van der Waals surface area (Å²) in [6.45, 7) is 2.68. The van der Waals surface area contributed by atoms with Crippen LogP contribution in [0.2, 0.25) is 0 Å². The van der Waals surface area contributed by atoms with E-state index in [9.17, 15) is 9.59 Å². The number of hydrogen-bond acceptors (Lipinski definition) is 3. The number of carbonyl (C=O) groups excluding carboxylic acids is 1. The summed E-state index contributed by atoms with van der Waals surface area (Å²) in [5.74, 6) is 0.715. The quantitative estimate of drug-likeness (QED) is 0.418. The zero-order valence-electron chi connectivity index (χ0n) is 18.8. The van der Waals surface area contributed by atoms with Gasteiger partial charge in [-0.05, 0) is 66.8 Å². The van der Waals surface area contributed by atoms with E-state index in [0.717, 1.165) is 22.0 Å². The van der Waals surface area contributed by atoms with Crippen molar-refractivity contribution in [3.63, 3.8) is 0 Å². The lowest BCUT2D eigenvalue weighted by Crippen LogP contribution is -2.37. The van der Waals surface area contributed by atoms with Crippen molar-refractivity contribution < 1.29 is 9.53 Å². The Hall–Kier alpha value is -4.06. The van der Waals surface area contributed by atoms with Gasteiger partial charge >= 0.3 is 6.03 Å². The minimum Gasteiger partial charge on any atom is -0.497 e. The molecule has 0 spiro atoms. The normalized spacial score (nSPS) is 10.7. The molecule has 168 valence electrons. The fourth-order valence-corrected chi connectivity index (χ4v) is 3.73. The number of H-pyrrole nitrogens is 1. The van der Waals surface area contributed by atoms with Crippen LogP contribution < -0.4 is 15.6 Å². The molecular formula is C27H27N3O3. The molecule has 0 unspecified atom stereocenters. The van der Waals surface area contributed by atoms with Crippen LogP contribution in [0.25, 0.3) is 10.9 Å². The van der Waals surface area contributed by atoms with Crippen LogP contribution in [0.15, 0.2) is 83.7 Å². The summed E-state index contributed by atoms with van der Waals surface area (Å²) in [6.07, 6.45) is 0.682. The Morgan fingerprint density at radius 3 is 2.48 bits per heavy atom. The second kappa shape index (κ2) is 10.0. The third kappa shape index (κ3) is 5.60. The van der Waals surface area contributed by atoms with Crippen molar-refractivity contribution >= 4 is 22.6 Å². The molecule has 0 atom stereocenters. The smallest absolute Gasteiger partial charge is 0.322 e. The van der Waals surface area contributed by atoms with Gasteiger partial charge in [0.1, 0.15) is 5.75 Å². The zero-order valence-corrected chi connectivity index (χ0v) is 18.8. The molecule has 4 rings (SSSR count). The molecule has 0 saturated carbocycles. The van der Waals surface area contributed by atoms with Crippen molar-refractivity contribution in [1.29, 1.82) is 0 Å². The summed E-state index contributed by atoms with van der Waals surface area (Å²) >= 11 is 0. The van der Waals surface area contributed by atoms with Crippen LogP contribution in [0.5, 0.6) is 5.75 Å². The summed E-state index contributed by atoms with van der Waals surface area (Å²) < 4.78 is 5.18. The minimum atomic E-state index is -0.264. The molecule has 6 heteroatoms. The van der Waals surface area contributed by atoms with Crippen molar-refractivity contribution in [1.82, 2.24) is 9.88 Å². The molecule has 0 saturated heterocycles. The van der Waals surface area contributed by atoms with E-state index in [1.807, 2.05) is 61.5 Å². The number of aromatic nitrogens is 1. The van der Waals surface area contributed by atoms with Gasteiger partial charge in [0.2, 0.25) is 0 Å². The number of aryl methyl sites for hydroxylation is 1. The lowest BCUT2D eigenvalue weighted by atomic mass is 10.1. The predicted octanol–water partition coefficient (Wildman–Crippen LogP) is 5.12. The van der Waals surface area contributed by atoms with Gasteiger partial charge in [0.25, 0.3) is 5.56 Å². The molecule has 3 aromatic carbocycles. The van der Waals surface area contributed by atoms with E-state index in [2.05, 4.69) is 10.3 Å². The molecule has 0 fully saturated rings. The Labute approximate surface area is 192 Å². The second-order valence-electron chi connectivity index (χ2n) is 8.03. The highest BCUT2D eigenvalue weighted by Gasteiger charge is 2.17.